The van der Waals surface area contributed by atoms with Crippen LogP contribution in [-0.4, -0.2) is 17.0 Å². The van der Waals surface area contributed by atoms with E-state index in [1.165, 1.54) is 36.3 Å². The van der Waals surface area contributed by atoms with Crippen LogP contribution in [0, 0.1) is 11.8 Å². The Balaban J connectivity index is 1.77. The molecule has 20 heavy (non-hydrogen) atoms. The molecule has 110 valence electrons. The molecule has 0 unspecified atom stereocenters. The van der Waals surface area contributed by atoms with Crippen LogP contribution in [0.15, 0.2) is 23.1 Å². The third kappa shape index (κ3) is 3.95. The number of aromatic nitrogens is 1. The lowest BCUT2D eigenvalue weighted by Crippen LogP contribution is -2.28. The Morgan fingerprint density at radius 2 is 2.05 bits per heavy atom. The average molecular weight is 276 g/mol. The number of aryl methyl sites for hydroxylation is 1. The summed E-state index contributed by atoms with van der Waals surface area (Å²) in [5.41, 5.74) is 0.296. The summed E-state index contributed by atoms with van der Waals surface area (Å²) >= 11 is 0. The second-order valence-corrected chi connectivity index (χ2v) is 6.04. The van der Waals surface area contributed by atoms with Gasteiger partial charge in [-0.05, 0) is 24.3 Å². The molecule has 2 rings (SSSR count). The first-order valence-electron chi connectivity index (χ1n) is 7.51. The van der Waals surface area contributed by atoms with Gasteiger partial charge in [-0.3, -0.25) is 9.59 Å². The molecule has 4 heteroatoms. The van der Waals surface area contributed by atoms with E-state index < -0.39 is 0 Å². The average Bonchev–Trinajstić information content (AvgIpc) is 2.44. The van der Waals surface area contributed by atoms with E-state index in [0.717, 1.165) is 18.3 Å². The molecule has 0 atom stereocenters. The molecule has 0 aromatic carbocycles. The van der Waals surface area contributed by atoms with E-state index >= 15 is 0 Å². The lowest BCUT2D eigenvalue weighted by atomic mass is 9.81. The second kappa shape index (κ2) is 6.73. The van der Waals surface area contributed by atoms with E-state index in [1.54, 1.807) is 19.3 Å². The van der Waals surface area contributed by atoms with Crippen LogP contribution in [0.3, 0.4) is 0 Å². The number of nitrogens with one attached hydrogen (secondary N) is 1. The number of carbonyl (C=O) groups is 1. The fraction of sp³-hybridized carbons (Fsp3) is 0.625. The van der Waals surface area contributed by atoms with E-state index in [-0.39, 0.29) is 11.5 Å². The Morgan fingerprint density at radius 3 is 2.70 bits per heavy atom. The van der Waals surface area contributed by atoms with Gasteiger partial charge in [0.2, 0.25) is 0 Å². The maximum absolute atomic E-state index is 11.9. The molecule has 1 N–H and O–H groups in total. The van der Waals surface area contributed by atoms with Gasteiger partial charge in [-0.2, -0.15) is 0 Å². The van der Waals surface area contributed by atoms with Gasteiger partial charge in [0.1, 0.15) is 0 Å². The lowest BCUT2D eigenvalue weighted by molar-refractivity contribution is 0.0949. The summed E-state index contributed by atoms with van der Waals surface area (Å²) < 4.78 is 1.46. The molecule has 4 nitrogen and oxygen atoms in total. The number of rotatable bonds is 4. The molecule has 1 saturated carbocycles. The fourth-order valence-corrected chi connectivity index (χ4v) is 2.80. The minimum absolute atomic E-state index is 0.146. The Bertz CT molecular complexity index is 513. The van der Waals surface area contributed by atoms with Crippen LogP contribution in [0.1, 0.15) is 49.4 Å². The van der Waals surface area contributed by atoms with E-state index in [0.29, 0.717) is 12.1 Å². The lowest BCUT2D eigenvalue weighted by Gasteiger charge is -2.26. The maximum Gasteiger partial charge on any atom is 0.251 e. The minimum atomic E-state index is -0.154. The highest BCUT2D eigenvalue weighted by Gasteiger charge is 2.18. The molecular formula is C16H24N2O2. The molecule has 1 aromatic heterocycles. The summed E-state index contributed by atoms with van der Waals surface area (Å²) in [5, 5.41) is 2.92. The van der Waals surface area contributed by atoms with Crippen molar-refractivity contribution in [3.8, 4) is 0 Å². The minimum Gasteiger partial charge on any atom is -0.352 e. The summed E-state index contributed by atoms with van der Waals surface area (Å²) in [4.78, 5) is 23.4. The summed E-state index contributed by atoms with van der Waals surface area (Å²) in [6, 6.07) is 3.07. The van der Waals surface area contributed by atoms with Crippen LogP contribution in [0.4, 0.5) is 0 Å². The highest BCUT2D eigenvalue weighted by atomic mass is 16.2. The van der Waals surface area contributed by atoms with Crippen LogP contribution < -0.4 is 10.9 Å². The number of hydrogen-bond donors (Lipinski definition) is 1. The fourth-order valence-electron chi connectivity index (χ4n) is 2.80. The van der Waals surface area contributed by atoms with E-state index in [9.17, 15) is 9.59 Å². The van der Waals surface area contributed by atoms with Crippen molar-refractivity contribution >= 4 is 5.91 Å². The normalized spacial score (nSPS) is 22.5. The van der Waals surface area contributed by atoms with Crippen molar-refractivity contribution in [1.29, 1.82) is 0 Å². The van der Waals surface area contributed by atoms with Gasteiger partial charge in [0, 0.05) is 31.4 Å². The molecule has 1 aliphatic carbocycles. The predicted molar refractivity (Wildman–Crippen MR) is 79.8 cm³/mol. The standard InChI is InChI=1S/C16H24N2O2/c1-12-3-5-13(6-4-12)7-9-17-16(20)14-8-10-18(2)15(19)11-14/h8,10-13H,3-7,9H2,1-2H3,(H,17,20). The smallest absolute Gasteiger partial charge is 0.251 e. The number of amides is 1. The van der Waals surface area contributed by atoms with Gasteiger partial charge in [-0.25, -0.2) is 0 Å². The molecule has 1 aromatic rings. The largest absolute Gasteiger partial charge is 0.352 e. The van der Waals surface area contributed by atoms with Crippen molar-refractivity contribution in [3.63, 3.8) is 0 Å². The van der Waals surface area contributed by atoms with Gasteiger partial charge >= 0.3 is 0 Å². The highest BCUT2D eigenvalue weighted by Crippen LogP contribution is 2.29. The van der Waals surface area contributed by atoms with E-state index in [2.05, 4.69) is 12.2 Å². The molecule has 1 aliphatic rings. The topological polar surface area (TPSA) is 51.1 Å². The summed E-state index contributed by atoms with van der Waals surface area (Å²) in [6.45, 7) is 3.01. The van der Waals surface area contributed by atoms with E-state index in [1.807, 2.05) is 0 Å². The predicted octanol–water partition coefficient (Wildman–Crippen LogP) is 2.33. The third-order valence-electron chi connectivity index (χ3n) is 4.34. The van der Waals surface area contributed by atoms with Gasteiger partial charge in [0.15, 0.2) is 0 Å². The number of nitrogens with zero attached hydrogens (tertiary/aromatic N) is 1. The molecule has 1 heterocycles. The molecule has 0 bridgehead atoms. The van der Waals surface area contributed by atoms with Crippen molar-refractivity contribution < 1.29 is 4.79 Å². The van der Waals surface area contributed by atoms with Crippen molar-refractivity contribution in [2.24, 2.45) is 18.9 Å². The summed E-state index contributed by atoms with van der Waals surface area (Å²) in [5.74, 6) is 1.46. The Hall–Kier alpha value is -1.58. The molecule has 1 amide bonds. The van der Waals surface area contributed by atoms with Gasteiger partial charge < -0.3 is 9.88 Å². The van der Waals surface area contributed by atoms with Crippen LogP contribution in [-0.2, 0) is 7.05 Å². The first-order chi connectivity index (χ1) is 9.56. The van der Waals surface area contributed by atoms with Crippen molar-refractivity contribution in [2.75, 3.05) is 6.54 Å². The van der Waals surface area contributed by atoms with Crippen LogP contribution in [0.25, 0.3) is 0 Å². The Morgan fingerprint density at radius 1 is 1.35 bits per heavy atom. The van der Waals surface area contributed by atoms with Crippen LogP contribution in [0.2, 0.25) is 0 Å². The SMILES string of the molecule is CC1CCC(CCNC(=O)c2ccn(C)c(=O)c2)CC1. The molecule has 1 fully saturated rings. The number of hydrogen-bond acceptors (Lipinski definition) is 2. The summed E-state index contributed by atoms with van der Waals surface area (Å²) in [7, 11) is 1.67. The zero-order valence-corrected chi connectivity index (χ0v) is 12.4. The van der Waals surface area contributed by atoms with Crippen molar-refractivity contribution in [3.05, 3.63) is 34.2 Å². The van der Waals surface area contributed by atoms with Gasteiger partial charge in [0.05, 0.1) is 0 Å². The quantitative estimate of drug-likeness (QED) is 0.917. The molecule has 0 radical (unpaired) electrons. The molecular weight excluding hydrogens is 252 g/mol. The van der Waals surface area contributed by atoms with Crippen LogP contribution >= 0.6 is 0 Å². The maximum atomic E-state index is 11.9. The molecule has 0 spiro atoms. The van der Waals surface area contributed by atoms with Gasteiger partial charge in [-0.1, -0.05) is 32.6 Å². The Kier molecular flexibility index (Phi) is 4.99. The monoisotopic (exact) mass is 276 g/mol. The first kappa shape index (κ1) is 14.8. The second-order valence-electron chi connectivity index (χ2n) is 6.04. The zero-order valence-electron chi connectivity index (χ0n) is 12.4. The highest BCUT2D eigenvalue weighted by molar-refractivity contribution is 5.93. The van der Waals surface area contributed by atoms with Gasteiger partial charge in [0.25, 0.3) is 11.5 Å². The summed E-state index contributed by atoms with van der Waals surface area (Å²) in [6.07, 6.45) is 7.86. The van der Waals surface area contributed by atoms with Gasteiger partial charge in [-0.15, -0.1) is 0 Å². The molecule has 0 saturated heterocycles. The molecule has 0 aliphatic heterocycles. The third-order valence-corrected chi connectivity index (χ3v) is 4.34. The van der Waals surface area contributed by atoms with Crippen LogP contribution in [0.5, 0.6) is 0 Å². The number of pyridine rings is 1. The zero-order chi connectivity index (χ0) is 14.5. The Labute approximate surface area is 120 Å². The van der Waals surface area contributed by atoms with Crippen molar-refractivity contribution in [2.45, 2.75) is 39.0 Å². The number of carbonyl (C=O) groups excluding carboxylic acids is 1. The van der Waals surface area contributed by atoms with Crippen molar-refractivity contribution in [1.82, 2.24) is 9.88 Å². The first-order valence-corrected chi connectivity index (χ1v) is 7.51. The van der Waals surface area contributed by atoms with E-state index in [4.69, 9.17) is 0 Å².